The minimum Gasteiger partial charge on any atom is -0.390 e. The average molecular weight is 215 g/mol. The lowest BCUT2D eigenvalue weighted by molar-refractivity contribution is 0.277. The molecule has 1 aromatic heterocycles. The molecule has 0 spiro atoms. The van der Waals surface area contributed by atoms with Crippen molar-refractivity contribution in [2.24, 2.45) is 0 Å². The number of aromatic nitrogens is 1. The molecule has 0 aliphatic carbocycles. The van der Waals surface area contributed by atoms with Crippen LogP contribution in [0.15, 0.2) is 5.38 Å². The summed E-state index contributed by atoms with van der Waals surface area (Å²) in [6.07, 6.45) is 3.92. The molecule has 0 radical (unpaired) electrons. The van der Waals surface area contributed by atoms with E-state index < -0.39 is 0 Å². The zero-order valence-corrected chi connectivity index (χ0v) is 9.03. The number of thiazole rings is 1. The van der Waals surface area contributed by atoms with E-state index in [4.69, 9.17) is 5.11 Å². The molecule has 1 aliphatic heterocycles. The van der Waals surface area contributed by atoms with Crippen LogP contribution in [0.3, 0.4) is 0 Å². The lowest BCUT2D eigenvalue weighted by Gasteiger charge is -2.18. The minimum absolute atomic E-state index is 0.0773. The van der Waals surface area contributed by atoms with Gasteiger partial charge in [-0.15, -0.1) is 11.3 Å². The summed E-state index contributed by atoms with van der Waals surface area (Å²) < 4.78 is 0. The van der Waals surface area contributed by atoms with Crippen molar-refractivity contribution in [1.29, 1.82) is 0 Å². The molecular weight excluding hydrogens is 202 g/mol. The van der Waals surface area contributed by atoms with Gasteiger partial charge in [-0.3, -0.25) is 0 Å². The summed E-state index contributed by atoms with van der Waals surface area (Å²) in [5, 5.41) is 12.6. The maximum Gasteiger partial charge on any atom is 0.106 e. The molecule has 13 heavy (non-hydrogen) atoms. The van der Waals surface area contributed by atoms with Crippen molar-refractivity contribution in [3.05, 3.63) is 16.1 Å². The van der Waals surface area contributed by atoms with Crippen molar-refractivity contribution in [2.45, 2.75) is 31.1 Å². The highest BCUT2D eigenvalue weighted by Crippen LogP contribution is 2.39. The van der Waals surface area contributed by atoms with Gasteiger partial charge >= 0.3 is 0 Å². The number of aliphatic hydroxyl groups excluding tert-OH is 1. The van der Waals surface area contributed by atoms with E-state index in [0.29, 0.717) is 5.25 Å². The lowest BCUT2D eigenvalue weighted by Crippen LogP contribution is -2.01. The van der Waals surface area contributed by atoms with Crippen molar-refractivity contribution in [1.82, 2.24) is 4.98 Å². The van der Waals surface area contributed by atoms with Crippen LogP contribution in [-0.2, 0) is 6.61 Å². The van der Waals surface area contributed by atoms with E-state index in [1.165, 1.54) is 30.0 Å². The molecule has 2 rings (SSSR count). The third-order valence-electron chi connectivity index (χ3n) is 2.19. The summed E-state index contributed by atoms with van der Waals surface area (Å²) in [6, 6.07) is 0. The molecule has 1 aromatic rings. The number of hydrogen-bond donors (Lipinski definition) is 1. The van der Waals surface area contributed by atoms with Gasteiger partial charge in [0.1, 0.15) is 5.01 Å². The van der Waals surface area contributed by atoms with Gasteiger partial charge in [-0.05, 0) is 18.6 Å². The Labute approximate surface area is 86.4 Å². The monoisotopic (exact) mass is 215 g/mol. The van der Waals surface area contributed by atoms with E-state index in [1.807, 2.05) is 17.1 Å². The highest BCUT2D eigenvalue weighted by atomic mass is 32.2. The predicted octanol–water partition coefficient (Wildman–Crippen LogP) is 2.59. The van der Waals surface area contributed by atoms with Crippen LogP contribution < -0.4 is 0 Å². The Kier molecular flexibility index (Phi) is 3.24. The molecule has 1 N–H and O–H groups in total. The van der Waals surface area contributed by atoms with Gasteiger partial charge in [0.25, 0.3) is 0 Å². The second-order valence-electron chi connectivity index (χ2n) is 3.19. The third kappa shape index (κ3) is 2.24. The molecule has 72 valence electrons. The quantitative estimate of drug-likeness (QED) is 0.823. The SMILES string of the molecule is OCc1csc(C2CCCCS2)n1. The molecule has 0 amide bonds. The minimum atomic E-state index is 0.0773. The molecule has 0 bridgehead atoms. The zero-order chi connectivity index (χ0) is 9.10. The van der Waals surface area contributed by atoms with Gasteiger partial charge in [-0.2, -0.15) is 11.8 Å². The first kappa shape index (κ1) is 9.49. The Balaban J connectivity index is 2.05. The topological polar surface area (TPSA) is 33.1 Å². The molecule has 1 fully saturated rings. The van der Waals surface area contributed by atoms with Gasteiger partial charge in [0, 0.05) is 5.38 Å². The second kappa shape index (κ2) is 4.44. The normalized spacial score (nSPS) is 23.3. The molecule has 1 saturated heterocycles. The largest absolute Gasteiger partial charge is 0.390 e. The molecule has 2 heterocycles. The van der Waals surface area contributed by atoms with E-state index in [2.05, 4.69) is 4.98 Å². The summed E-state index contributed by atoms with van der Waals surface area (Å²) in [5.41, 5.74) is 0.825. The first-order chi connectivity index (χ1) is 6.40. The highest BCUT2D eigenvalue weighted by Gasteiger charge is 2.18. The zero-order valence-electron chi connectivity index (χ0n) is 7.40. The average Bonchev–Trinajstić information content (AvgIpc) is 2.67. The smallest absolute Gasteiger partial charge is 0.106 e. The summed E-state index contributed by atoms with van der Waals surface area (Å²) in [4.78, 5) is 4.40. The summed E-state index contributed by atoms with van der Waals surface area (Å²) in [6.45, 7) is 0.0773. The van der Waals surface area contributed by atoms with Gasteiger partial charge < -0.3 is 5.11 Å². The van der Waals surface area contributed by atoms with Crippen LogP contribution in [-0.4, -0.2) is 15.8 Å². The summed E-state index contributed by atoms with van der Waals surface area (Å²) in [7, 11) is 0. The fourth-order valence-corrected chi connectivity index (χ4v) is 3.86. The van der Waals surface area contributed by atoms with Crippen molar-refractivity contribution < 1.29 is 5.11 Å². The van der Waals surface area contributed by atoms with Crippen LogP contribution in [0.5, 0.6) is 0 Å². The van der Waals surface area contributed by atoms with E-state index in [0.717, 1.165) is 5.69 Å². The van der Waals surface area contributed by atoms with E-state index in [-0.39, 0.29) is 6.61 Å². The summed E-state index contributed by atoms with van der Waals surface area (Å²) in [5.74, 6) is 1.26. The second-order valence-corrected chi connectivity index (χ2v) is 5.39. The number of rotatable bonds is 2. The number of nitrogens with zero attached hydrogens (tertiary/aromatic N) is 1. The van der Waals surface area contributed by atoms with Crippen LogP contribution in [0, 0.1) is 0 Å². The number of aliphatic hydroxyl groups is 1. The van der Waals surface area contributed by atoms with Crippen LogP contribution in [0.1, 0.15) is 35.2 Å². The van der Waals surface area contributed by atoms with Crippen molar-refractivity contribution in [3.63, 3.8) is 0 Å². The van der Waals surface area contributed by atoms with E-state index >= 15 is 0 Å². The van der Waals surface area contributed by atoms with Gasteiger partial charge in [-0.1, -0.05) is 6.42 Å². The number of hydrogen-bond acceptors (Lipinski definition) is 4. The molecular formula is C9H13NOS2. The Morgan fingerprint density at radius 1 is 1.54 bits per heavy atom. The Bertz CT molecular complexity index is 268. The Hall–Kier alpha value is -0.0600. The molecule has 2 nitrogen and oxygen atoms in total. The fraction of sp³-hybridized carbons (Fsp3) is 0.667. The van der Waals surface area contributed by atoms with Gasteiger partial charge in [0.15, 0.2) is 0 Å². The molecule has 1 unspecified atom stereocenters. The molecule has 4 heteroatoms. The maximum atomic E-state index is 8.89. The first-order valence-electron chi connectivity index (χ1n) is 4.57. The van der Waals surface area contributed by atoms with Gasteiger partial charge in [-0.25, -0.2) is 4.98 Å². The van der Waals surface area contributed by atoms with E-state index in [1.54, 1.807) is 11.3 Å². The van der Waals surface area contributed by atoms with E-state index in [9.17, 15) is 0 Å². The molecule has 1 atom stereocenters. The maximum absolute atomic E-state index is 8.89. The Morgan fingerprint density at radius 2 is 2.46 bits per heavy atom. The van der Waals surface area contributed by atoms with Crippen molar-refractivity contribution >= 4 is 23.1 Å². The molecule has 0 saturated carbocycles. The van der Waals surface area contributed by atoms with Crippen LogP contribution in [0.25, 0.3) is 0 Å². The fourth-order valence-electron chi connectivity index (χ4n) is 1.48. The highest BCUT2D eigenvalue weighted by molar-refractivity contribution is 7.99. The van der Waals surface area contributed by atoms with Crippen molar-refractivity contribution in [2.75, 3.05) is 5.75 Å². The Morgan fingerprint density at radius 3 is 3.08 bits per heavy atom. The van der Waals surface area contributed by atoms with Gasteiger partial charge in [0.2, 0.25) is 0 Å². The van der Waals surface area contributed by atoms with Gasteiger partial charge in [0.05, 0.1) is 17.6 Å². The third-order valence-corrected chi connectivity index (χ3v) is 4.73. The molecule has 1 aliphatic rings. The predicted molar refractivity (Wildman–Crippen MR) is 57.1 cm³/mol. The lowest BCUT2D eigenvalue weighted by atomic mass is 10.2. The first-order valence-corrected chi connectivity index (χ1v) is 6.50. The van der Waals surface area contributed by atoms with Crippen LogP contribution >= 0.6 is 23.1 Å². The van der Waals surface area contributed by atoms with Crippen molar-refractivity contribution in [3.8, 4) is 0 Å². The van der Waals surface area contributed by atoms with Crippen LogP contribution in [0.4, 0.5) is 0 Å². The standard InChI is InChI=1S/C9H13NOS2/c11-5-7-6-13-9(10-7)8-3-1-2-4-12-8/h6,8,11H,1-5H2. The van der Waals surface area contributed by atoms with Crippen LogP contribution in [0.2, 0.25) is 0 Å². The number of thioether (sulfide) groups is 1. The summed E-state index contributed by atoms with van der Waals surface area (Å²) >= 11 is 3.70. The molecule has 0 aromatic carbocycles.